The maximum atomic E-state index is 11.3. The van der Waals surface area contributed by atoms with Crippen molar-refractivity contribution in [1.29, 1.82) is 0 Å². The SMILES string of the molecule is C1=C\CC/C=C\CC/1.F[P-](F)(F)(F)(F)F.O=C(/C=C(\[O-])C(F)(F)F)C(F)(F)F.[Pd+2]. The van der Waals surface area contributed by atoms with Crippen molar-refractivity contribution in [2.45, 2.75) is 38.0 Å². The van der Waals surface area contributed by atoms with Gasteiger partial charge in [-0.1, -0.05) is 24.3 Å². The third kappa shape index (κ3) is 31.8. The van der Waals surface area contributed by atoms with Crippen LogP contribution in [0, 0.1) is 0 Å². The maximum absolute atomic E-state index is 11.3. The van der Waals surface area contributed by atoms with Crippen molar-refractivity contribution in [3.8, 4) is 0 Å². The number of hydrogen-bond donors (Lipinski definition) is 0. The summed E-state index contributed by atoms with van der Waals surface area (Å²) in [6.45, 7) is 0. The van der Waals surface area contributed by atoms with Crippen molar-refractivity contribution in [3.05, 3.63) is 36.1 Å². The minimum absolute atomic E-state index is 0. The van der Waals surface area contributed by atoms with Crippen LogP contribution in [0.5, 0.6) is 0 Å². The molecule has 0 radical (unpaired) electrons. The Morgan fingerprint density at radius 1 is 0.724 bits per heavy atom. The number of rotatable bonds is 1. The van der Waals surface area contributed by atoms with E-state index in [-0.39, 0.29) is 20.4 Å². The topological polar surface area (TPSA) is 40.1 Å². The van der Waals surface area contributed by atoms with Gasteiger partial charge in [0.05, 0.1) is 0 Å². The molecule has 0 bridgehead atoms. The first-order valence-corrected chi connectivity index (χ1v) is 8.96. The Labute approximate surface area is 170 Å². The number of allylic oxidation sites excluding steroid dienone is 6. The number of hydrogen-bond acceptors (Lipinski definition) is 2. The molecule has 0 saturated heterocycles. The van der Waals surface area contributed by atoms with Gasteiger partial charge in [0.15, 0.2) is 0 Å². The first-order valence-electron chi connectivity index (χ1n) is 6.93. The van der Waals surface area contributed by atoms with E-state index in [2.05, 4.69) is 24.3 Å². The monoisotopic (exact) mass is 566 g/mol. The molecule has 0 aromatic carbocycles. The Kier molecular flexibility index (Phi) is 12.2. The van der Waals surface area contributed by atoms with Gasteiger partial charge in [-0.15, -0.1) is 0 Å². The fraction of sp³-hybridized carbons (Fsp3) is 0.462. The van der Waals surface area contributed by atoms with Crippen LogP contribution in [-0.4, -0.2) is 18.1 Å². The number of alkyl halides is 6. The van der Waals surface area contributed by atoms with Crippen LogP contribution < -0.4 is 5.11 Å². The van der Waals surface area contributed by atoms with Gasteiger partial charge >= 0.3 is 65.8 Å². The minimum atomic E-state index is -10.7. The minimum Gasteiger partial charge on any atom is -0.869 e. The molecule has 0 unspecified atom stereocenters. The van der Waals surface area contributed by atoms with Gasteiger partial charge in [-0.25, -0.2) is 0 Å². The second kappa shape index (κ2) is 10.8. The molecule has 0 amide bonds. The van der Waals surface area contributed by atoms with Gasteiger partial charge in [0.25, 0.3) is 5.78 Å². The van der Waals surface area contributed by atoms with E-state index in [1.54, 1.807) is 0 Å². The molecule has 29 heavy (non-hydrogen) atoms. The summed E-state index contributed by atoms with van der Waals surface area (Å²) in [7, 11) is -10.7. The summed E-state index contributed by atoms with van der Waals surface area (Å²) in [5.74, 6) is -5.65. The molecular weight excluding hydrogens is 554 g/mol. The van der Waals surface area contributed by atoms with E-state index in [1.165, 1.54) is 25.7 Å². The Morgan fingerprint density at radius 3 is 1.14 bits per heavy atom. The molecule has 1 rings (SSSR count). The van der Waals surface area contributed by atoms with Crippen LogP contribution in [0.15, 0.2) is 36.1 Å². The van der Waals surface area contributed by atoms with E-state index in [9.17, 15) is 61.4 Å². The molecular formula is C13H13F12O2PPd. The van der Waals surface area contributed by atoms with E-state index < -0.39 is 37.8 Å². The number of halogens is 12. The zero-order chi connectivity index (χ0) is 22.9. The van der Waals surface area contributed by atoms with Crippen LogP contribution in [0.3, 0.4) is 0 Å². The maximum Gasteiger partial charge on any atom is 2.00 e. The Hall–Kier alpha value is -1.06. The molecule has 0 aromatic heterocycles. The summed E-state index contributed by atoms with van der Waals surface area (Å²) in [5.41, 5.74) is 0. The van der Waals surface area contributed by atoms with Crippen LogP contribution in [0.4, 0.5) is 51.5 Å². The summed E-state index contributed by atoms with van der Waals surface area (Å²) in [4.78, 5) is 9.82. The Balaban J connectivity index is -0.000000365. The van der Waals surface area contributed by atoms with Crippen molar-refractivity contribution in [2.75, 3.05) is 0 Å². The van der Waals surface area contributed by atoms with E-state index in [1.807, 2.05) is 0 Å². The van der Waals surface area contributed by atoms with Gasteiger partial charge < -0.3 is 5.11 Å². The van der Waals surface area contributed by atoms with Crippen LogP contribution in [0.1, 0.15) is 25.7 Å². The molecule has 1 aliphatic carbocycles. The molecule has 0 spiro atoms. The molecule has 0 fully saturated rings. The summed E-state index contributed by atoms with van der Waals surface area (Å²) in [6.07, 6.45) is 2.06. The summed E-state index contributed by atoms with van der Waals surface area (Å²) in [5, 5.41) is 9.82. The van der Waals surface area contributed by atoms with E-state index in [0.29, 0.717) is 0 Å². The standard InChI is InChI=1S/C8H12.C5H2F6O2.F6P.Pd/c1-2-4-6-8-7-5-3-1;6-4(7,8)2(12)1-3(13)5(9,10)11;1-7(2,3,4,5)6;/h1-2,7-8H,3-6H2;1,12H;;/q;;-1;+2/p-1/b2-1-,8-7-;2-1-;;. The zero-order valence-corrected chi connectivity index (χ0v) is 16.3. The quantitative estimate of drug-likeness (QED) is 0.0859. The smallest absolute Gasteiger partial charge is 0.869 e. The molecule has 0 N–H and O–H groups in total. The van der Waals surface area contributed by atoms with E-state index in [0.717, 1.165) is 0 Å². The van der Waals surface area contributed by atoms with Crippen molar-refractivity contribution < 1.29 is 81.8 Å². The van der Waals surface area contributed by atoms with Gasteiger partial charge in [-0.05, 0) is 37.5 Å². The average molecular weight is 567 g/mol. The van der Waals surface area contributed by atoms with Crippen LogP contribution in [-0.2, 0) is 25.2 Å². The number of carbonyl (C=O) groups excluding carboxylic acids is 1. The number of carbonyl (C=O) groups is 1. The molecule has 0 aliphatic heterocycles. The Bertz CT molecular complexity index is 562. The third-order valence-electron chi connectivity index (χ3n) is 2.15. The summed E-state index contributed by atoms with van der Waals surface area (Å²) < 4.78 is 127. The normalized spacial score (nSPS) is 19.8. The van der Waals surface area contributed by atoms with E-state index in [4.69, 9.17) is 0 Å². The predicted molar refractivity (Wildman–Crippen MR) is 75.5 cm³/mol. The van der Waals surface area contributed by atoms with Gasteiger partial charge in [0.2, 0.25) is 0 Å². The third-order valence-corrected chi connectivity index (χ3v) is 2.15. The second-order valence-corrected chi connectivity index (χ2v) is 6.84. The van der Waals surface area contributed by atoms with Gasteiger partial charge in [-0.2, -0.15) is 26.3 Å². The Morgan fingerprint density at radius 2 is 0.966 bits per heavy atom. The van der Waals surface area contributed by atoms with Gasteiger partial charge in [-0.3, -0.25) is 4.79 Å². The molecule has 0 aromatic rings. The second-order valence-electron chi connectivity index (χ2n) is 4.92. The van der Waals surface area contributed by atoms with Crippen LogP contribution in [0.25, 0.3) is 0 Å². The first-order chi connectivity index (χ1) is 12.0. The van der Waals surface area contributed by atoms with Gasteiger partial charge in [0.1, 0.15) is 0 Å². The molecule has 1 aliphatic rings. The first kappa shape index (κ1) is 32.6. The summed E-state index contributed by atoms with van der Waals surface area (Å²) in [6, 6.07) is 0. The predicted octanol–water partition coefficient (Wildman–Crippen LogP) is 6.98. The fourth-order valence-electron chi connectivity index (χ4n) is 1.14. The molecule has 2 nitrogen and oxygen atoms in total. The largest absolute Gasteiger partial charge is 2.00 e. The molecule has 176 valence electrons. The average Bonchev–Trinajstić information content (AvgIpc) is 2.32. The molecule has 16 heteroatoms. The van der Waals surface area contributed by atoms with Crippen LogP contribution >= 0.6 is 7.81 Å². The molecule has 0 heterocycles. The van der Waals surface area contributed by atoms with Crippen molar-refractivity contribution >= 4 is 13.6 Å². The fourth-order valence-corrected chi connectivity index (χ4v) is 1.14. The van der Waals surface area contributed by atoms with Gasteiger partial charge in [0, 0.05) is 0 Å². The van der Waals surface area contributed by atoms with Crippen molar-refractivity contribution in [2.24, 2.45) is 0 Å². The molecule has 0 atom stereocenters. The summed E-state index contributed by atoms with van der Waals surface area (Å²) >= 11 is 0. The van der Waals surface area contributed by atoms with Crippen molar-refractivity contribution in [1.82, 2.24) is 0 Å². The van der Waals surface area contributed by atoms with Crippen LogP contribution in [0.2, 0.25) is 0 Å². The van der Waals surface area contributed by atoms with E-state index >= 15 is 0 Å². The van der Waals surface area contributed by atoms with Crippen molar-refractivity contribution in [3.63, 3.8) is 0 Å². The zero-order valence-electron chi connectivity index (χ0n) is 13.8. The molecule has 0 saturated carbocycles. The number of ketones is 1.